The van der Waals surface area contributed by atoms with Crippen molar-refractivity contribution >= 4 is 11.6 Å². The summed E-state index contributed by atoms with van der Waals surface area (Å²) in [6, 6.07) is 11.7. The van der Waals surface area contributed by atoms with Gasteiger partial charge in [0, 0.05) is 48.9 Å². The molecule has 0 saturated heterocycles. The minimum atomic E-state index is -0.271. The van der Waals surface area contributed by atoms with Crippen molar-refractivity contribution in [1.82, 2.24) is 19.3 Å². The number of nitrogens with zero attached hydrogens (tertiary/aromatic N) is 5. The lowest BCUT2D eigenvalue weighted by Gasteiger charge is -2.25. The number of hydrogen-bond acceptors (Lipinski definition) is 6. The molecule has 1 N–H and O–H groups in total. The van der Waals surface area contributed by atoms with E-state index in [1.54, 1.807) is 22.9 Å². The Morgan fingerprint density at radius 1 is 1.21 bits per heavy atom. The van der Waals surface area contributed by atoms with E-state index in [-0.39, 0.29) is 12.4 Å². The first-order valence-corrected chi connectivity index (χ1v) is 11.4. The number of hydrogen-bond donors (Lipinski definition) is 1. The van der Waals surface area contributed by atoms with Gasteiger partial charge in [0.2, 0.25) is 5.95 Å². The number of nitrogens with one attached hydrogen (secondary N) is 1. The Morgan fingerprint density at radius 3 is 3.00 bits per heavy atom. The predicted octanol–water partition coefficient (Wildman–Crippen LogP) is 3.94. The SMILES string of the molecule is CN1CCc2cc(-c3cnc(NCc4c(F)ccc5c4CCO5)n4cc(C#N)nc34)ccc2C1. The maximum atomic E-state index is 14.6. The average molecular weight is 455 g/mol. The molecule has 0 radical (unpaired) electrons. The summed E-state index contributed by atoms with van der Waals surface area (Å²) in [7, 11) is 2.13. The quantitative estimate of drug-likeness (QED) is 0.503. The molecular formula is C26H23FN6O. The van der Waals surface area contributed by atoms with E-state index in [4.69, 9.17) is 4.74 Å². The van der Waals surface area contributed by atoms with E-state index in [0.717, 1.165) is 42.0 Å². The van der Waals surface area contributed by atoms with E-state index < -0.39 is 0 Å². The Bertz CT molecular complexity index is 1470. The number of halogens is 1. The number of ether oxygens (including phenoxy) is 1. The minimum Gasteiger partial charge on any atom is -0.493 e. The molecule has 0 aliphatic carbocycles. The molecule has 0 bridgehead atoms. The third-order valence-electron chi connectivity index (χ3n) is 6.69. The molecule has 0 unspecified atom stereocenters. The Kier molecular flexibility index (Phi) is 4.93. The van der Waals surface area contributed by atoms with E-state index >= 15 is 0 Å². The highest BCUT2D eigenvalue weighted by atomic mass is 19.1. The Labute approximate surface area is 196 Å². The van der Waals surface area contributed by atoms with Gasteiger partial charge in [-0.25, -0.2) is 14.4 Å². The normalized spacial score (nSPS) is 15.0. The van der Waals surface area contributed by atoms with Gasteiger partial charge in [0.15, 0.2) is 11.3 Å². The molecule has 2 aromatic carbocycles. The summed E-state index contributed by atoms with van der Waals surface area (Å²) >= 11 is 0. The fraction of sp³-hybridized carbons (Fsp3) is 0.269. The van der Waals surface area contributed by atoms with Crippen LogP contribution in [0.15, 0.2) is 42.7 Å². The van der Waals surface area contributed by atoms with Crippen LogP contribution in [0.2, 0.25) is 0 Å². The fourth-order valence-electron chi connectivity index (χ4n) is 4.90. The first-order valence-electron chi connectivity index (χ1n) is 11.4. The van der Waals surface area contributed by atoms with Crippen molar-refractivity contribution in [2.24, 2.45) is 0 Å². The van der Waals surface area contributed by atoms with Gasteiger partial charge in [0.1, 0.15) is 17.6 Å². The van der Waals surface area contributed by atoms with Crippen molar-refractivity contribution in [3.63, 3.8) is 0 Å². The Balaban J connectivity index is 1.37. The Morgan fingerprint density at radius 2 is 2.12 bits per heavy atom. The zero-order valence-electron chi connectivity index (χ0n) is 18.8. The topological polar surface area (TPSA) is 78.5 Å². The number of anilines is 1. The van der Waals surface area contributed by atoms with Crippen LogP contribution in [-0.4, -0.2) is 39.5 Å². The molecule has 0 spiro atoms. The third kappa shape index (κ3) is 3.45. The van der Waals surface area contributed by atoms with Gasteiger partial charge in [0.05, 0.1) is 12.8 Å². The fourth-order valence-corrected chi connectivity index (χ4v) is 4.90. The summed E-state index contributed by atoms with van der Waals surface area (Å²) in [5.74, 6) is 0.968. The molecule has 6 rings (SSSR count). The number of likely N-dealkylation sites (N-methyl/N-ethyl adjacent to an activating group) is 1. The second-order valence-electron chi connectivity index (χ2n) is 8.85. The number of aromatic nitrogens is 3. The van der Waals surface area contributed by atoms with Gasteiger partial charge < -0.3 is 15.0 Å². The van der Waals surface area contributed by atoms with Crippen molar-refractivity contribution < 1.29 is 9.13 Å². The zero-order valence-corrected chi connectivity index (χ0v) is 18.8. The lowest BCUT2D eigenvalue weighted by molar-refractivity contribution is 0.313. The summed E-state index contributed by atoms with van der Waals surface area (Å²) in [5, 5.41) is 12.7. The maximum absolute atomic E-state index is 14.6. The van der Waals surface area contributed by atoms with Crippen LogP contribution in [0.5, 0.6) is 5.75 Å². The van der Waals surface area contributed by atoms with Gasteiger partial charge >= 0.3 is 0 Å². The highest BCUT2D eigenvalue weighted by Gasteiger charge is 2.21. The van der Waals surface area contributed by atoms with Crippen LogP contribution < -0.4 is 10.1 Å². The maximum Gasteiger partial charge on any atom is 0.208 e. The van der Waals surface area contributed by atoms with E-state index in [9.17, 15) is 9.65 Å². The summed E-state index contributed by atoms with van der Waals surface area (Å²) in [6.45, 7) is 2.79. The highest BCUT2D eigenvalue weighted by molar-refractivity contribution is 5.79. The molecule has 4 heterocycles. The molecular weight excluding hydrogens is 431 g/mol. The molecule has 0 atom stereocenters. The number of fused-ring (bicyclic) bond motifs is 3. The number of nitriles is 1. The molecule has 0 saturated carbocycles. The Hall–Kier alpha value is -3.96. The number of rotatable bonds is 4. The van der Waals surface area contributed by atoms with Gasteiger partial charge in [-0.05, 0) is 42.3 Å². The summed E-state index contributed by atoms with van der Waals surface area (Å²) in [4.78, 5) is 11.5. The van der Waals surface area contributed by atoms with Gasteiger partial charge in [-0.1, -0.05) is 18.2 Å². The minimum absolute atomic E-state index is 0.256. The summed E-state index contributed by atoms with van der Waals surface area (Å²) < 4.78 is 21.9. The van der Waals surface area contributed by atoms with Crippen LogP contribution in [0.25, 0.3) is 16.8 Å². The van der Waals surface area contributed by atoms with Crippen LogP contribution in [-0.2, 0) is 25.9 Å². The largest absolute Gasteiger partial charge is 0.493 e. The zero-order chi connectivity index (χ0) is 23.2. The molecule has 7 nitrogen and oxygen atoms in total. The standard InChI is InChI=1S/C26H23FN6O/c1-32-8-6-16-10-17(2-3-18(16)14-32)21-12-29-26(33-15-19(11-28)31-25(21)33)30-13-22-20-7-9-34-24(20)5-4-23(22)27/h2-5,10,12,15H,6-9,13-14H2,1H3,(H,29,30). The number of imidazole rings is 1. The van der Waals surface area contributed by atoms with E-state index in [0.29, 0.717) is 35.9 Å². The van der Waals surface area contributed by atoms with Gasteiger partial charge in [-0.3, -0.25) is 4.40 Å². The lowest BCUT2D eigenvalue weighted by Crippen LogP contribution is -2.26. The van der Waals surface area contributed by atoms with Crippen molar-refractivity contribution in [2.75, 3.05) is 25.5 Å². The van der Waals surface area contributed by atoms with Gasteiger partial charge in [-0.2, -0.15) is 5.26 Å². The molecule has 34 heavy (non-hydrogen) atoms. The van der Waals surface area contributed by atoms with Crippen molar-refractivity contribution in [3.8, 4) is 22.9 Å². The first kappa shape index (κ1) is 20.6. The molecule has 2 aromatic heterocycles. The van der Waals surface area contributed by atoms with Crippen LogP contribution >= 0.6 is 0 Å². The van der Waals surface area contributed by atoms with Gasteiger partial charge in [-0.15, -0.1) is 0 Å². The smallest absolute Gasteiger partial charge is 0.208 e. The van der Waals surface area contributed by atoms with E-state index in [2.05, 4.69) is 51.5 Å². The molecule has 8 heteroatoms. The van der Waals surface area contributed by atoms with Crippen LogP contribution in [0.3, 0.4) is 0 Å². The first-order chi connectivity index (χ1) is 16.6. The lowest BCUT2D eigenvalue weighted by atomic mass is 9.95. The highest BCUT2D eigenvalue weighted by Crippen LogP contribution is 2.32. The molecule has 2 aliphatic rings. The molecule has 170 valence electrons. The second kappa shape index (κ2) is 8.12. The monoisotopic (exact) mass is 454 g/mol. The van der Waals surface area contributed by atoms with Crippen LogP contribution in [0.4, 0.5) is 10.3 Å². The van der Waals surface area contributed by atoms with Gasteiger partial charge in [0.25, 0.3) is 0 Å². The van der Waals surface area contributed by atoms with Crippen molar-refractivity contribution in [1.29, 1.82) is 5.26 Å². The van der Waals surface area contributed by atoms with E-state index in [1.807, 2.05) is 0 Å². The predicted molar refractivity (Wildman–Crippen MR) is 126 cm³/mol. The van der Waals surface area contributed by atoms with E-state index in [1.165, 1.54) is 17.2 Å². The third-order valence-corrected chi connectivity index (χ3v) is 6.69. The molecule has 0 amide bonds. The van der Waals surface area contributed by atoms with Crippen molar-refractivity contribution in [3.05, 3.63) is 76.5 Å². The second-order valence-corrected chi connectivity index (χ2v) is 8.85. The average Bonchev–Trinajstić information content (AvgIpc) is 3.50. The summed E-state index contributed by atoms with van der Waals surface area (Å²) in [5.41, 5.74) is 6.96. The van der Waals surface area contributed by atoms with Crippen LogP contribution in [0.1, 0.15) is 27.9 Å². The van der Waals surface area contributed by atoms with Crippen LogP contribution in [0, 0.1) is 17.1 Å². The van der Waals surface area contributed by atoms with Crippen molar-refractivity contribution in [2.45, 2.75) is 25.9 Å². The number of benzene rings is 2. The molecule has 4 aromatic rings. The molecule has 0 fully saturated rings. The summed E-state index contributed by atoms with van der Waals surface area (Å²) in [6.07, 6.45) is 5.12. The molecule has 2 aliphatic heterocycles.